The van der Waals surface area contributed by atoms with E-state index in [1.165, 1.54) is 0 Å². The van der Waals surface area contributed by atoms with Gasteiger partial charge >= 0.3 is 0 Å². The molecule has 2 atom stereocenters. The number of aliphatic hydroxyl groups excluding tert-OH is 1. The van der Waals surface area contributed by atoms with E-state index in [1.54, 1.807) is 6.92 Å². The van der Waals surface area contributed by atoms with Crippen LogP contribution in [0.4, 0.5) is 5.69 Å². The van der Waals surface area contributed by atoms with Gasteiger partial charge < -0.3 is 15.7 Å². The number of para-hydroxylation sites is 1. The number of piperidine rings is 1. The summed E-state index contributed by atoms with van der Waals surface area (Å²) in [6.07, 6.45) is 2.43. The SMILES string of the molecule is CC(O)c1ccccc1NC(=O)C1(C)CCCCN1. The van der Waals surface area contributed by atoms with Crippen molar-refractivity contribution in [1.29, 1.82) is 0 Å². The summed E-state index contributed by atoms with van der Waals surface area (Å²) in [5.74, 6) is -0.0275. The first-order valence-corrected chi connectivity index (χ1v) is 6.86. The number of carbonyl (C=O) groups is 1. The monoisotopic (exact) mass is 262 g/mol. The third-order valence-electron chi connectivity index (χ3n) is 3.78. The fourth-order valence-corrected chi connectivity index (χ4v) is 2.49. The van der Waals surface area contributed by atoms with Crippen LogP contribution >= 0.6 is 0 Å². The largest absolute Gasteiger partial charge is 0.389 e. The van der Waals surface area contributed by atoms with Crippen LogP contribution < -0.4 is 10.6 Å². The number of rotatable bonds is 3. The summed E-state index contributed by atoms with van der Waals surface area (Å²) in [4.78, 5) is 12.4. The molecule has 2 unspecified atom stereocenters. The Balaban J connectivity index is 2.14. The van der Waals surface area contributed by atoms with E-state index < -0.39 is 11.6 Å². The van der Waals surface area contributed by atoms with E-state index in [0.717, 1.165) is 31.4 Å². The van der Waals surface area contributed by atoms with Crippen LogP contribution in [-0.2, 0) is 4.79 Å². The van der Waals surface area contributed by atoms with Gasteiger partial charge in [0, 0.05) is 11.3 Å². The molecule has 3 N–H and O–H groups in total. The van der Waals surface area contributed by atoms with Crippen molar-refractivity contribution < 1.29 is 9.90 Å². The van der Waals surface area contributed by atoms with Gasteiger partial charge in [0.1, 0.15) is 0 Å². The normalized spacial score (nSPS) is 24.8. The molecular weight excluding hydrogens is 240 g/mol. The number of hydrogen-bond donors (Lipinski definition) is 3. The second-order valence-corrected chi connectivity index (χ2v) is 5.43. The molecule has 0 spiro atoms. The molecule has 0 saturated carbocycles. The van der Waals surface area contributed by atoms with Crippen molar-refractivity contribution in [3.63, 3.8) is 0 Å². The Kier molecular flexibility index (Phi) is 4.22. The van der Waals surface area contributed by atoms with Gasteiger partial charge in [-0.25, -0.2) is 0 Å². The van der Waals surface area contributed by atoms with Crippen molar-refractivity contribution in [2.24, 2.45) is 0 Å². The first-order valence-electron chi connectivity index (χ1n) is 6.86. The Bertz CT molecular complexity index is 451. The van der Waals surface area contributed by atoms with E-state index in [1.807, 2.05) is 31.2 Å². The minimum absolute atomic E-state index is 0.0275. The summed E-state index contributed by atoms with van der Waals surface area (Å²) in [5, 5.41) is 16.0. The van der Waals surface area contributed by atoms with Gasteiger partial charge in [-0.1, -0.05) is 18.2 Å². The molecule has 1 fully saturated rings. The lowest BCUT2D eigenvalue weighted by Crippen LogP contribution is -2.54. The number of amides is 1. The summed E-state index contributed by atoms with van der Waals surface area (Å²) >= 11 is 0. The zero-order valence-corrected chi connectivity index (χ0v) is 11.6. The van der Waals surface area contributed by atoms with Crippen LogP contribution in [0.1, 0.15) is 44.8 Å². The summed E-state index contributed by atoms with van der Waals surface area (Å²) in [5.41, 5.74) is 0.927. The lowest BCUT2D eigenvalue weighted by molar-refractivity contribution is -0.122. The highest BCUT2D eigenvalue weighted by molar-refractivity contribution is 5.98. The highest BCUT2D eigenvalue weighted by atomic mass is 16.3. The highest BCUT2D eigenvalue weighted by Crippen LogP contribution is 2.25. The predicted octanol–water partition coefficient (Wildman–Crippen LogP) is 2.21. The lowest BCUT2D eigenvalue weighted by Gasteiger charge is -2.33. The molecule has 1 aromatic carbocycles. The molecular formula is C15H22N2O2. The third-order valence-corrected chi connectivity index (χ3v) is 3.78. The maximum atomic E-state index is 12.4. The number of anilines is 1. The van der Waals surface area contributed by atoms with Crippen molar-refractivity contribution in [3.8, 4) is 0 Å². The van der Waals surface area contributed by atoms with Crippen molar-refractivity contribution in [2.75, 3.05) is 11.9 Å². The van der Waals surface area contributed by atoms with E-state index in [-0.39, 0.29) is 5.91 Å². The van der Waals surface area contributed by atoms with Gasteiger partial charge in [0.15, 0.2) is 0 Å². The Labute approximate surface area is 114 Å². The second kappa shape index (κ2) is 5.72. The third kappa shape index (κ3) is 3.14. The molecule has 1 aromatic rings. The van der Waals surface area contributed by atoms with Gasteiger partial charge in [0.05, 0.1) is 11.6 Å². The summed E-state index contributed by atoms with van der Waals surface area (Å²) in [6.45, 7) is 4.51. The first-order chi connectivity index (χ1) is 9.03. The van der Waals surface area contributed by atoms with Crippen molar-refractivity contribution in [2.45, 2.75) is 44.8 Å². The van der Waals surface area contributed by atoms with Crippen molar-refractivity contribution >= 4 is 11.6 Å². The Morgan fingerprint density at radius 3 is 2.79 bits per heavy atom. The molecule has 4 nitrogen and oxygen atoms in total. The van der Waals surface area contributed by atoms with Gasteiger partial charge in [-0.3, -0.25) is 4.79 Å². The maximum absolute atomic E-state index is 12.4. The van der Waals surface area contributed by atoms with E-state index >= 15 is 0 Å². The Morgan fingerprint density at radius 2 is 2.16 bits per heavy atom. The molecule has 0 aromatic heterocycles. The van der Waals surface area contributed by atoms with Crippen LogP contribution in [0.3, 0.4) is 0 Å². The van der Waals surface area contributed by atoms with Gasteiger partial charge in [-0.2, -0.15) is 0 Å². The van der Waals surface area contributed by atoms with Crippen LogP contribution in [0, 0.1) is 0 Å². The zero-order chi connectivity index (χ0) is 13.9. The smallest absolute Gasteiger partial charge is 0.244 e. The predicted molar refractivity (Wildman–Crippen MR) is 76.0 cm³/mol. The van der Waals surface area contributed by atoms with Crippen molar-refractivity contribution in [3.05, 3.63) is 29.8 Å². The summed E-state index contributed by atoms with van der Waals surface area (Å²) < 4.78 is 0. The molecule has 1 aliphatic heterocycles. The molecule has 1 aliphatic rings. The Morgan fingerprint density at radius 1 is 1.42 bits per heavy atom. The topological polar surface area (TPSA) is 61.4 Å². The maximum Gasteiger partial charge on any atom is 0.244 e. The number of carbonyl (C=O) groups excluding carboxylic acids is 1. The van der Waals surface area contributed by atoms with Crippen LogP contribution in [-0.4, -0.2) is 23.1 Å². The van der Waals surface area contributed by atoms with Crippen LogP contribution in [0.2, 0.25) is 0 Å². The lowest BCUT2D eigenvalue weighted by atomic mass is 9.90. The molecule has 0 radical (unpaired) electrons. The van der Waals surface area contributed by atoms with Gasteiger partial charge in [0.2, 0.25) is 5.91 Å². The van der Waals surface area contributed by atoms with Crippen LogP contribution in [0.15, 0.2) is 24.3 Å². The molecule has 104 valence electrons. The van der Waals surface area contributed by atoms with E-state index in [9.17, 15) is 9.90 Å². The number of nitrogens with one attached hydrogen (secondary N) is 2. The molecule has 1 amide bonds. The van der Waals surface area contributed by atoms with Gasteiger partial charge in [-0.05, 0) is 45.7 Å². The number of benzene rings is 1. The van der Waals surface area contributed by atoms with Crippen molar-refractivity contribution in [1.82, 2.24) is 5.32 Å². The summed E-state index contributed by atoms with van der Waals surface area (Å²) in [7, 11) is 0. The molecule has 1 saturated heterocycles. The number of hydrogen-bond acceptors (Lipinski definition) is 3. The Hall–Kier alpha value is -1.39. The van der Waals surface area contributed by atoms with Crippen LogP contribution in [0.5, 0.6) is 0 Å². The second-order valence-electron chi connectivity index (χ2n) is 5.43. The molecule has 0 aliphatic carbocycles. The first kappa shape index (κ1) is 14.0. The van der Waals surface area contributed by atoms with Gasteiger partial charge in [0.25, 0.3) is 0 Å². The molecule has 1 heterocycles. The molecule has 19 heavy (non-hydrogen) atoms. The quantitative estimate of drug-likeness (QED) is 0.782. The fourth-order valence-electron chi connectivity index (χ4n) is 2.49. The van der Waals surface area contributed by atoms with Gasteiger partial charge in [-0.15, -0.1) is 0 Å². The average molecular weight is 262 g/mol. The standard InChI is InChI=1S/C15H22N2O2/c1-11(18)12-7-3-4-8-13(12)17-14(19)15(2)9-5-6-10-16-15/h3-4,7-8,11,16,18H,5-6,9-10H2,1-2H3,(H,17,19). The van der Waals surface area contributed by atoms with E-state index in [2.05, 4.69) is 10.6 Å². The zero-order valence-electron chi connectivity index (χ0n) is 11.6. The summed E-state index contributed by atoms with van der Waals surface area (Å²) in [6, 6.07) is 7.37. The molecule has 2 rings (SSSR count). The average Bonchev–Trinajstić information content (AvgIpc) is 2.40. The molecule has 4 heteroatoms. The van der Waals surface area contributed by atoms with E-state index in [0.29, 0.717) is 5.69 Å². The number of aliphatic hydroxyl groups is 1. The minimum Gasteiger partial charge on any atom is -0.389 e. The molecule has 0 bridgehead atoms. The minimum atomic E-state index is -0.594. The fraction of sp³-hybridized carbons (Fsp3) is 0.533. The highest BCUT2D eigenvalue weighted by Gasteiger charge is 2.34. The van der Waals surface area contributed by atoms with E-state index in [4.69, 9.17) is 0 Å². The van der Waals surface area contributed by atoms with Crippen LogP contribution in [0.25, 0.3) is 0 Å².